The standard InChI is InChI=1S/C17H17NO4S/c1-22-16-10-3-13(4-11-16)5-12-17(19)14-6-8-15(9-7-14)18-23(2,20)21/h3-12,18H,1-2H3/b12-5-. The Morgan fingerprint density at radius 2 is 1.65 bits per heavy atom. The Balaban J connectivity index is 2.06. The minimum Gasteiger partial charge on any atom is -0.497 e. The van der Waals surface area contributed by atoms with Gasteiger partial charge in [0.25, 0.3) is 0 Å². The molecule has 0 aliphatic heterocycles. The van der Waals surface area contributed by atoms with E-state index in [4.69, 9.17) is 4.74 Å². The average Bonchev–Trinajstić information content (AvgIpc) is 2.52. The maximum atomic E-state index is 12.1. The lowest BCUT2D eigenvalue weighted by atomic mass is 10.1. The van der Waals surface area contributed by atoms with Gasteiger partial charge in [-0.15, -0.1) is 0 Å². The molecular weight excluding hydrogens is 314 g/mol. The SMILES string of the molecule is COc1ccc(/C=C\C(=O)c2ccc(NS(C)(=O)=O)cc2)cc1. The third-order valence-corrected chi connectivity index (χ3v) is 3.62. The van der Waals surface area contributed by atoms with Crippen LogP contribution < -0.4 is 9.46 Å². The summed E-state index contributed by atoms with van der Waals surface area (Å²) in [7, 11) is -1.73. The third kappa shape index (κ3) is 5.27. The number of rotatable bonds is 6. The Morgan fingerprint density at radius 1 is 1.04 bits per heavy atom. The van der Waals surface area contributed by atoms with Crippen molar-refractivity contribution in [3.63, 3.8) is 0 Å². The zero-order valence-electron chi connectivity index (χ0n) is 12.8. The Hall–Kier alpha value is -2.60. The lowest BCUT2D eigenvalue weighted by molar-refractivity contribution is 0.104. The molecule has 0 amide bonds. The molecule has 0 fully saturated rings. The highest BCUT2D eigenvalue weighted by Crippen LogP contribution is 2.14. The molecule has 0 atom stereocenters. The minimum absolute atomic E-state index is 0.160. The zero-order valence-corrected chi connectivity index (χ0v) is 13.6. The minimum atomic E-state index is -3.32. The van der Waals surface area contributed by atoms with Crippen molar-refractivity contribution < 1.29 is 17.9 Å². The van der Waals surface area contributed by atoms with Crippen molar-refractivity contribution in [2.75, 3.05) is 18.1 Å². The second-order valence-corrected chi connectivity index (χ2v) is 6.67. The molecule has 0 unspecified atom stereocenters. The van der Waals surface area contributed by atoms with E-state index >= 15 is 0 Å². The summed E-state index contributed by atoms with van der Waals surface area (Å²) in [5.41, 5.74) is 1.78. The number of benzene rings is 2. The number of hydrogen-bond donors (Lipinski definition) is 1. The first-order valence-electron chi connectivity index (χ1n) is 6.82. The number of carbonyl (C=O) groups excluding carboxylic acids is 1. The number of ether oxygens (including phenoxy) is 1. The van der Waals surface area contributed by atoms with E-state index in [-0.39, 0.29) is 5.78 Å². The van der Waals surface area contributed by atoms with Gasteiger partial charge in [0.1, 0.15) is 5.75 Å². The summed E-state index contributed by atoms with van der Waals surface area (Å²) in [6.07, 6.45) is 4.26. The quantitative estimate of drug-likeness (QED) is 0.652. The number of anilines is 1. The van der Waals surface area contributed by atoms with Gasteiger partial charge in [-0.25, -0.2) is 8.42 Å². The summed E-state index contributed by atoms with van der Waals surface area (Å²) >= 11 is 0. The lowest BCUT2D eigenvalue weighted by Gasteiger charge is -2.04. The fraction of sp³-hybridized carbons (Fsp3) is 0.118. The molecule has 0 aromatic heterocycles. The van der Waals surface area contributed by atoms with Crippen molar-refractivity contribution in [2.24, 2.45) is 0 Å². The molecule has 1 N–H and O–H groups in total. The molecule has 0 spiro atoms. The van der Waals surface area contributed by atoms with Gasteiger partial charge in [-0.2, -0.15) is 0 Å². The predicted octanol–water partition coefficient (Wildman–Crippen LogP) is 2.96. The van der Waals surface area contributed by atoms with Gasteiger partial charge in [0, 0.05) is 11.3 Å². The summed E-state index contributed by atoms with van der Waals surface area (Å²) in [4.78, 5) is 12.1. The summed E-state index contributed by atoms with van der Waals surface area (Å²) < 4.78 is 29.7. The Bertz CT molecular complexity index is 807. The zero-order chi connectivity index (χ0) is 16.9. The van der Waals surface area contributed by atoms with Crippen molar-refractivity contribution >= 4 is 27.6 Å². The predicted molar refractivity (Wildman–Crippen MR) is 91.3 cm³/mol. The number of allylic oxidation sites excluding steroid dienone is 1. The van der Waals surface area contributed by atoms with Gasteiger partial charge in [-0.05, 0) is 48.0 Å². The van der Waals surface area contributed by atoms with Crippen LogP contribution in [0.4, 0.5) is 5.69 Å². The van der Waals surface area contributed by atoms with E-state index in [1.165, 1.54) is 6.08 Å². The largest absolute Gasteiger partial charge is 0.497 e. The monoisotopic (exact) mass is 331 g/mol. The molecule has 0 aliphatic rings. The van der Waals surface area contributed by atoms with E-state index in [0.29, 0.717) is 11.3 Å². The van der Waals surface area contributed by atoms with Crippen LogP contribution in [0.3, 0.4) is 0 Å². The van der Waals surface area contributed by atoms with Crippen LogP contribution in [0.2, 0.25) is 0 Å². The van der Waals surface area contributed by atoms with Gasteiger partial charge in [-0.1, -0.05) is 18.2 Å². The van der Waals surface area contributed by atoms with Crippen LogP contribution in [0, 0.1) is 0 Å². The molecule has 0 saturated heterocycles. The van der Waals surface area contributed by atoms with Crippen LogP contribution in [0.5, 0.6) is 5.75 Å². The molecule has 120 valence electrons. The average molecular weight is 331 g/mol. The maximum absolute atomic E-state index is 12.1. The molecule has 6 heteroatoms. The van der Waals surface area contributed by atoms with Crippen LogP contribution in [0.25, 0.3) is 6.08 Å². The van der Waals surface area contributed by atoms with Crippen molar-refractivity contribution in [2.45, 2.75) is 0 Å². The van der Waals surface area contributed by atoms with Crippen molar-refractivity contribution in [1.29, 1.82) is 0 Å². The molecule has 0 aliphatic carbocycles. The lowest BCUT2D eigenvalue weighted by Crippen LogP contribution is -2.09. The van der Waals surface area contributed by atoms with Gasteiger partial charge in [0.15, 0.2) is 5.78 Å². The normalized spacial score (nSPS) is 11.4. The topological polar surface area (TPSA) is 72.5 Å². The Kier molecular flexibility index (Phi) is 5.18. The van der Waals surface area contributed by atoms with Crippen LogP contribution in [-0.4, -0.2) is 27.6 Å². The third-order valence-electron chi connectivity index (χ3n) is 3.02. The summed E-state index contributed by atoms with van der Waals surface area (Å²) in [5.74, 6) is 0.592. The number of methoxy groups -OCH3 is 1. The van der Waals surface area contributed by atoms with Crippen molar-refractivity contribution in [1.82, 2.24) is 0 Å². The summed E-state index contributed by atoms with van der Waals surface area (Å²) in [5, 5.41) is 0. The van der Waals surface area contributed by atoms with Gasteiger partial charge < -0.3 is 4.74 Å². The van der Waals surface area contributed by atoms with Crippen LogP contribution >= 0.6 is 0 Å². The van der Waals surface area contributed by atoms with Crippen molar-refractivity contribution in [3.8, 4) is 5.75 Å². The molecule has 0 heterocycles. The molecule has 2 rings (SSSR count). The molecule has 23 heavy (non-hydrogen) atoms. The van der Waals surface area contributed by atoms with E-state index in [2.05, 4.69) is 4.72 Å². The fourth-order valence-corrected chi connectivity index (χ4v) is 2.46. The van der Waals surface area contributed by atoms with Crippen LogP contribution in [0.15, 0.2) is 54.6 Å². The summed E-state index contributed by atoms with van der Waals surface area (Å²) in [6.45, 7) is 0. The number of hydrogen-bond acceptors (Lipinski definition) is 4. The highest BCUT2D eigenvalue weighted by molar-refractivity contribution is 7.92. The number of nitrogens with one attached hydrogen (secondary N) is 1. The van der Waals surface area contributed by atoms with Gasteiger partial charge in [-0.3, -0.25) is 9.52 Å². The number of ketones is 1. The summed E-state index contributed by atoms with van der Waals surface area (Å²) in [6, 6.07) is 13.6. The van der Waals surface area contributed by atoms with E-state index in [1.807, 2.05) is 24.3 Å². The molecule has 0 saturated carbocycles. The number of sulfonamides is 1. The maximum Gasteiger partial charge on any atom is 0.229 e. The van der Waals surface area contributed by atoms with E-state index in [9.17, 15) is 13.2 Å². The molecule has 0 bridgehead atoms. The van der Waals surface area contributed by atoms with E-state index in [1.54, 1.807) is 37.5 Å². The second-order valence-electron chi connectivity index (χ2n) is 4.92. The van der Waals surface area contributed by atoms with E-state index in [0.717, 1.165) is 17.6 Å². The Labute approximate surface area is 135 Å². The first-order chi connectivity index (χ1) is 10.9. The molecular formula is C17H17NO4S. The van der Waals surface area contributed by atoms with Crippen molar-refractivity contribution in [3.05, 3.63) is 65.7 Å². The highest BCUT2D eigenvalue weighted by Gasteiger charge is 2.04. The second kappa shape index (κ2) is 7.11. The number of carbonyl (C=O) groups is 1. The van der Waals surface area contributed by atoms with Gasteiger partial charge >= 0.3 is 0 Å². The highest BCUT2D eigenvalue weighted by atomic mass is 32.2. The molecule has 2 aromatic rings. The van der Waals surface area contributed by atoms with Crippen LogP contribution in [-0.2, 0) is 10.0 Å². The molecule has 2 aromatic carbocycles. The first kappa shape index (κ1) is 16.8. The van der Waals surface area contributed by atoms with Crippen LogP contribution in [0.1, 0.15) is 15.9 Å². The van der Waals surface area contributed by atoms with Gasteiger partial charge in [0.05, 0.1) is 13.4 Å². The van der Waals surface area contributed by atoms with Gasteiger partial charge in [0.2, 0.25) is 10.0 Å². The molecule has 0 radical (unpaired) electrons. The first-order valence-corrected chi connectivity index (χ1v) is 8.71. The smallest absolute Gasteiger partial charge is 0.229 e. The fourth-order valence-electron chi connectivity index (χ4n) is 1.90. The Morgan fingerprint density at radius 3 is 2.17 bits per heavy atom. The molecule has 5 nitrogen and oxygen atoms in total. The van der Waals surface area contributed by atoms with E-state index < -0.39 is 10.0 Å².